The highest BCUT2D eigenvalue weighted by molar-refractivity contribution is 5.55. The molecule has 0 aliphatic heterocycles. The Balaban J connectivity index is 2.42. The van der Waals surface area contributed by atoms with E-state index < -0.39 is 22.9 Å². The Bertz CT molecular complexity index is 634. The molecule has 1 aromatic heterocycles. The van der Waals surface area contributed by atoms with Crippen molar-refractivity contribution >= 4 is 11.5 Å². The van der Waals surface area contributed by atoms with Gasteiger partial charge in [-0.2, -0.15) is 0 Å². The van der Waals surface area contributed by atoms with E-state index in [1.54, 1.807) is 0 Å². The quantitative estimate of drug-likeness (QED) is 0.905. The van der Waals surface area contributed by atoms with E-state index in [0.29, 0.717) is 0 Å². The summed E-state index contributed by atoms with van der Waals surface area (Å²) in [5.74, 6) is -1.66. The van der Waals surface area contributed by atoms with Crippen LogP contribution in [0.1, 0.15) is 32.0 Å². The van der Waals surface area contributed by atoms with E-state index in [4.69, 9.17) is 5.73 Å². The van der Waals surface area contributed by atoms with Gasteiger partial charge in [-0.3, -0.25) is 0 Å². The molecule has 0 aliphatic rings. The number of rotatable bonds is 3. The molecule has 0 saturated heterocycles. The number of hydrogen-bond donors (Lipinski definition) is 2. The second-order valence-corrected chi connectivity index (χ2v) is 5.99. The maximum absolute atomic E-state index is 14.1. The minimum absolute atomic E-state index is 0.0210. The molecule has 1 heterocycles. The Morgan fingerprint density at radius 1 is 1.10 bits per heavy atom. The van der Waals surface area contributed by atoms with Gasteiger partial charge in [0.05, 0.1) is 5.69 Å². The summed E-state index contributed by atoms with van der Waals surface area (Å²) < 4.78 is 28.1. The van der Waals surface area contributed by atoms with Crippen LogP contribution in [-0.2, 0) is 6.42 Å². The molecule has 3 N–H and O–H groups in total. The fourth-order valence-corrected chi connectivity index (χ4v) is 1.96. The molecule has 0 atom stereocenters. The lowest BCUT2D eigenvalue weighted by Gasteiger charge is -2.22. The number of nitrogens with two attached hydrogens (primary N) is 1. The standard InChI is InChI=1S/C16H19F2N3/c1-16(2,3)21-15-13(18)14(19)12(17)11(20-15)9-10-7-5-4-6-8-10/h4-8H,9H2,1-3H3,(H3,19,20,21). The van der Waals surface area contributed by atoms with Crippen molar-refractivity contribution in [2.24, 2.45) is 0 Å². The molecular formula is C16H19F2N3. The van der Waals surface area contributed by atoms with E-state index in [0.717, 1.165) is 5.56 Å². The van der Waals surface area contributed by atoms with Crippen LogP contribution in [0.15, 0.2) is 30.3 Å². The largest absolute Gasteiger partial charge is 0.394 e. The topological polar surface area (TPSA) is 50.9 Å². The van der Waals surface area contributed by atoms with E-state index >= 15 is 0 Å². The molecule has 1 aromatic carbocycles. The second kappa shape index (κ2) is 5.68. The van der Waals surface area contributed by atoms with Crippen molar-refractivity contribution in [1.29, 1.82) is 0 Å². The SMILES string of the molecule is CC(C)(C)Nc1nc(Cc2ccccc2)c(F)c(N)c1F. The van der Waals surface area contributed by atoms with Crippen LogP contribution in [0.25, 0.3) is 0 Å². The van der Waals surface area contributed by atoms with Crippen molar-refractivity contribution in [2.45, 2.75) is 32.7 Å². The van der Waals surface area contributed by atoms with Crippen LogP contribution in [-0.4, -0.2) is 10.5 Å². The molecule has 0 spiro atoms. The van der Waals surface area contributed by atoms with Gasteiger partial charge in [0.15, 0.2) is 17.5 Å². The highest BCUT2D eigenvalue weighted by atomic mass is 19.1. The first-order valence-electron chi connectivity index (χ1n) is 6.73. The van der Waals surface area contributed by atoms with E-state index in [-0.39, 0.29) is 17.9 Å². The summed E-state index contributed by atoms with van der Waals surface area (Å²) in [7, 11) is 0. The van der Waals surface area contributed by atoms with Crippen molar-refractivity contribution < 1.29 is 8.78 Å². The fourth-order valence-electron chi connectivity index (χ4n) is 1.96. The first kappa shape index (κ1) is 15.2. The van der Waals surface area contributed by atoms with Crippen LogP contribution >= 0.6 is 0 Å². The molecule has 0 amide bonds. The Labute approximate surface area is 123 Å². The highest BCUT2D eigenvalue weighted by Gasteiger charge is 2.21. The van der Waals surface area contributed by atoms with Crippen molar-refractivity contribution in [3.63, 3.8) is 0 Å². The fraction of sp³-hybridized carbons (Fsp3) is 0.312. The summed E-state index contributed by atoms with van der Waals surface area (Å²) >= 11 is 0. The Hall–Kier alpha value is -2.17. The number of aromatic nitrogens is 1. The lowest BCUT2D eigenvalue weighted by molar-refractivity contribution is 0.559. The molecule has 112 valence electrons. The first-order valence-corrected chi connectivity index (χ1v) is 6.73. The number of nitrogens with one attached hydrogen (secondary N) is 1. The average Bonchev–Trinajstić information content (AvgIpc) is 2.41. The number of halogens is 2. The molecule has 0 bridgehead atoms. The summed E-state index contributed by atoms with van der Waals surface area (Å²) in [4.78, 5) is 4.07. The van der Waals surface area contributed by atoms with Crippen molar-refractivity contribution in [3.05, 3.63) is 53.2 Å². The van der Waals surface area contributed by atoms with Gasteiger partial charge in [0, 0.05) is 12.0 Å². The Morgan fingerprint density at radius 3 is 2.29 bits per heavy atom. The molecule has 0 saturated carbocycles. The van der Waals surface area contributed by atoms with E-state index in [1.165, 1.54) is 0 Å². The summed E-state index contributed by atoms with van der Waals surface area (Å²) in [5, 5.41) is 2.91. The lowest BCUT2D eigenvalue weighted by atomic mass is 10.1. The van der Waals surface area contributed by atoms with Crippen LogP contribution in [0, 0.1) is 11.6 Å². The number of pyridine rings is 1. The Kier molecular flexibility index (Phi) is 4.11. The summed E-state index contributed by atoms with van der Waals surface area (Å²) in [5.41, 5.74) is 5.64. The third-order valence-corrected chi connectivity index (χ3v) is 2.89. The third kappa shape index (κ3) is 3.68. The van der Waals surface area contributed by atoms with Crippen molar-refractivity contribution in [1.82, 2.24) is 4.98 Å². The van der Waals surface area contributed by atoms with Gasteiger partial charge in [0.25, 0.3) is 0 Å². The zero-order valence-corrected chi connectivity index (χ0v) is 12.4. The van der Waals surface area contributed by atoms with Gasteiger partial charge in [-0.1, -0.05) is 30.3 Å². The summed E-state index contributed by atoms with van der Waals surface area (Å²) in [6, 6.07) is 9.30. The lowest BCUT2D eigenvalue weighted by Crippen LogP contribution is -2.28. The normalized spacial score (nSPS) is 11.5. The Morgan fingerprint density at radius 2 is 1.71 bits per heavy atom. The predicted octanol–water partition coefficient (Wildman–Crippen LogP) is 3.74. The van der Waals surface area contributed by atoms with Gasteiger partial charge in [-0.05, 0) is 26.3 Å². The first-order chi connectivity index (χ1) is 9.78. The molecule has 5 heteroatoms. The number of hydrogen-bond acceptors (Lipinski definition) is 3. The van der Waals surface area contributed by atoms with E-state index in [9.17, 15) is 8.78 Å². The van der Waals surface area contributed by atoms with Gasteiger partial charge in [0.2, 0.25) is 0 Å². The van der Waals surface area contributed by atoms with Crippen LogP contribution in [0.2, 0.25) is 0 Å². The predicted molar refractivity (Wildman–Crippen MR) is 81.2 cm³/mol. The number of nitrogens with zero attached hydrogens (tertiary/aromatic N) is 1. The molecule has 2 rings (SSSR count). The number of nitrogen functional groups attached to an aromatic ring is 1. The van der Waals surface area contributed by atoms with Crippen LogP contribution < -0.4 is 11.1 Å². The molecule has 2 aromatic rings. The van der Waals surface area contributed by atoms with Gasteiger partial charge < -0.3 is 11.1 Å². The van der Waals surface area contributed by atoms with E-state index in [2.05, 4.69) is 10.3 Å². The smallest absolute Gasteiger partial charge is 0.191 e. The molecule has 3 nitrogen and oxygen atoms in total. The van der Waals surface area contributed by atoms with Gasteiger partial charge >= 0.3 is 0 Å². The van der Waals surface area contributed by atoms with Gasteiger partial charge in [-0.25, -0.2) is 13.8 Å². The molecule has 0 fully saturated rings. The molecular weight excluding hydrogens is 272 g/mol. The van der Waals surface area contributed by atoms with Crippen molar-refractivity contribution in [2.75, 3.05) is 11.1 Å². The van der Waals surface area contributed by atoms with Crippen LogP contribution in [0.4, 0.5) is 20.3 Å². The highest BCUT2D eigenvalue weighted by Crippen LogP contribution is 2.27. The molecule has 21 heavy (non-hydrogen) atoms. The minimum Gasteiger partial charge on any atom is -0.394 e. The van der Waals surface area contributed by atoms with Gasteiger partial charge in [0.1, 0.15) is 5.69 Å². The monoisotopic (exact) mass is 291 g/mol. The van der Waals surface area contributed by atoms with Gasteiger partial charge in [-0.15, -0.1) is 0 Å². The zero-order valence-electron chi connectivity index (χ0n) is 12.4. The number of anilines is 2. The molecule has 0 aliphatic carbocycles. The summed E-state index contributed by atoms with van der Waals surface area (Å²) in [6.07, 6.45) is 0.260. The summed E-state index contributed by atoms with van der Waals surface area (Å²) in [6.45, 7) is 5.60. The molecule has 0 unspecified atom stereocenters. The van der Waals surface area contributed by atoms with Crippen LogP contribution in [0.3, 0.4) is 0 Å². The molecule has 0 radical (unpaired) electrons. The second-order valence-electron chi connectivity index (χ2n) is 5.99. The number of benzene rings is 1. The van der Waals surface area contributed by atoms with E-state index in [1.807, 2.05) is 51.1 Å². The minimum atomic E-state index is -0.848. The van der Waals surface area contributed by atoms with Crippen molar-refractivity contribution in [3.8, 4) is 0 Å². The third-order valence-electron chi connectivity index (χ3n) is 2.89. The zero-order chi connectivity index (χ0) is 15.6. The maximum Gasteiger partial charge on any atom is 0.191 e. The average molecular weight is 291 g/mol. The maximum atomic E-state index is 14.1. The van der Waals surface area contributed by atoms with Crippen LogP contribution in [0.5, 0.6) is 0 Å².